The van der Waals surface area contributed by atoms with Gasteiger partial charge >= 0.3 is 5.97 Å². The number of likely N-dealkylation sites (tertiary alicyclic amines) is 1. The van der Waals surface area contributed by atoms with Gasteiger partial charge in [-0.15, -0.1) is 0 Å². The van der Waals surface area contributed by atoms with E-state index >= 15 is 0 Å². The van der Waals surface area contributed by atoms with Crippen LogP contribution in [0, 0.1) is 5.92 Å². The minimum atomic E-state index is -1.18. The first-order valence-electron chi connectivity index (χ1n) is 9.20. The zero-order chi connectivity index (χ0) is 19.1. The summed E-state index contributed by atoms with van der Waals surface area (Å²) >= 11 is 0. The van der Waals surface area contributed by atoms with Crippen molar-refractivity contribution in [1.82, 2.24) is 14.9 Å². The molecular formula is C20H24N4O3. The number of aromatic carboxylic acids is 1. The minimum absolute atomic E-state index is 0.113. The molecule has 0 saturated carbocycles. The summed E-state index contributed by atoms with van der Waals surface area (Å²) in [7, 11) is 0. The maximum Gasteiger partial charge on any atom is 0.358 e. The van der Waals surface area contributed by atoms with Crippen molar-refractivity contribution in [3.63, 3.8) is 0 Å². The van der Waals surface area contributed by atoms with E-state index in [1.54, 1.807) is 0 Å². The molecule has 2 heterocycles. The lowest BCUT2D eigenvalue weighted by atomic mass is 9.93. The van der Waals surface area contributed by atoms with Crippen LogP contribution in [0.4, 0.5) is 5.82 Å². The molecule has 1 aliphatic rings. The Bertz CT molecular complexity index is 761. The highest BCUT2D eigenvalue weighted by atomic mass is 16.4. The number of aromatic nitrogens is 2. The number of carbonyl (C=O) groups excluding carboxylic acids is 1. The zero-order valence-corrected chi connectivity index (χ0v) is 15.2. The van der Waals surface area contributed by atoms with Gasteiger partial charge in [0.05, 0.1) is 0 Å². The predicted octanol–water partition coefficient (Wildman–Crippen LogP) is 2.44. The van der Waals surface area contributed by atoms with Crippen molar-refractivity contribution in [2.45, 2.75) is 25.8 Å². The number of carbonyl (C=O) groups is 2. The Hall–Kier alpha value is -2.80. The van der Waals surface area contributed by atoms with E-state index in [-0.39, 0.29) is 11.5 Å². The molecule has 7 nitrogen and oxygen atoms in total. The Morgan fingerprint density at radius 1 is 1.19 bits per heavy atom. The third-order valence-corrected chi connectivity index (χ3v) is 5.02. The molecule has 2 aromatic rings. The topological polar surface area (TPSA) is 86.6 Å². The van der Waals surface area contributed by atoms with Crippen LogP contribution in [0.25, 0.3) is 0 Å². The number of carboxylic acid groups (broad SMARTS) is 1. The van der Waals surface area contributed by atoms with Crippen molar-refractivity contribution >= 4 is 18.2 Å². The molecule has 3 rings (SSSR count). The molecule has 1 aliphatic heterocycles. The monoisotopic (exact) mass is 368 g/mol. The molecule has 1 amide bonds. The smallest absolute Gasteiger partial charge is 0.358 e. The maximum absolute atomic E-state index is 11.5. The molecule has 1 saturated heterocycles. The Kier molecular flexibility index (Phi) is 6.49. The third kappa shape index (κ3) is 5.10. The molecule has 7 heteroatoms. The average molecular weight is 368 g/mol. The summed E-state index contributed by atoms with van der Waals surface area (Å²) < 4.78 is 0. The van der Waals surface area contributed by atoms with Gasteiger partial charge in [0.1, 0.15) is 0 Å². The van der Waals surface area contributed by atoms with E-state index in [2.05, 4.69) is 39.1 Å². The fourth-order valence-electron chi connectivity index (χ4n) is 3.50. The number of carboxylic acids is 1. The van der Waals surface area contributed by atoms with E-state index in [1.807, 2.05) is 6.07 Å². The van der Waals surface area contributed by atoms with Crippen molar-refractivity contribution in [3.05, 3.63) is 54.0 Å². The fourth-order valence-corrected chi connectivity index (χ4v) is 3.50. The summed E-state index contributed by atoms with van der Waals surface area (Å²) in [5, 5.41) is 9.23. The molecule has 1 fully saturated rings. The van der Waals surface area contributed by atoms with Gasteiger partial charge in [-0.1, -0.05) is 30.3 Å². The van der Waals surface area contributed by atoms with Crippen LogP contribution in [0.5, 0.6) is 0 Å². The number of piperidine rings is 1. The van der Waals surface area contributed by atoms with Crippen molar-refractivity contribution < 1.29 is 14.7 Å². The van der Waals surface area contributed by atoms with E-state index in [4.69, 9.17) is 0 Å². The number of rotatable bonds is 8. The largest absolute Gasteiger partial charge is 0.476 e. The number of amides is 1. The van der Waals surface area contributed by atoms with E-state index in [0.717, 1.165) is 38.9 Å². The summed E-state index contributed by atoms with van der Waals surface area (Å²) in [5.74, 6) is -0.551. The first-order chi connectivity index (χ1) is 13.2. The third-order valence-electron chi connectivity index (χ3n) is 5.02. The van der Waals surface area contributed by atoms with E-state index in [9.17, 15) is 14.7 Å². The molecule has 142 valence electrons. The molecule has 27 heavy (non-hydrogen) atoms. The van der Waals surface area contributed by atoms with Crippen LogP contribution >= 0.6 is 0 Å². The highest BCUT2D eigenvalue weighted by Gasteiger charge is 2.22. The van der Waals surface area contributed by atoms with Crippen LogP contribution < -0.4 is 4.90 Å². The second-order valence-corrected chi connectivity index (χ2v) is 6.83. The van der Waals surface area contributed by atoms with Gasteiger partial charge < -0.3 is 5.11 Å². The van der Waals surface area contributed by atoms with Crippen molar-refractivity contribution in [2.24, 2.45) is 5.92 Å². The SMILES string of the molecule is O=CN(CCC1CCN(Cc2ccccc2)CC1)c1nccnc1C(=O)O. The number of hydrogen-bond donors (Lipinski definition) is 1. The van der Waals surface area contributed by atoms with Gasteiger partial charge in [0, 0.05) is 25.5 Å². The van der Waals surface area contributed by atoms with Crippen LogP contribution in [0.3, 0.4) is 0 Å². The molecule has 0 unspecified atom stereocenters. The first kappa shape index (κ1) is 19.0. The molecule has 1 aromatic heterocycles. The van der Waals surface area contributed by atoms with Gasteiger partial charge in [-0.05, 0) is 43.8 Å². The highest BCUT2D eigenvalue weighted by Crippen LogP contribution is 2.23. The van der Waals surface area contributed by atoms with Crippen molar-refractivity contribution in [2.75, 3.05) is 24.5 Å². The molecule has 0 aliphatic carbocycles. The van der Waals surface area contributed by atoms with Crippen LogP contribution in [-0.2, 0) is 11.3 Å². The van der Waals surface area contributed by atoms with Gasteiger partial charge in [0.2, 0.25) is 6.41 Å². The Morgan fingerprint density at radius 3 is 2.56 bits per heavy atom. The van der Waals surface area contributed by atoms with Crippen LogP contribution in [0.2, 0.25) is 0 Å². The van der Waals surface area contributed by atoms with Gasteiger partial charge in [-0.3, -0.25) is 14.6 Å². The summed E-state index contributed by atoms with van der Waals surface area (Å²) in [6.45, 7) is 3.49. The van der Waals surface area contributed by atoms with Gasteiger partial charge in [-0.2, -0.15) is 0 Å². The Balaban J connectivity index is 1.50. The van der Waals surface area contributed by atoms with Crippen LogP contribution in [-0.4, -0.2) is 52.0 Å². The van der Waals surface area contributed by atoms with Crippen molar-refractivity contribution in [1.29, 1.82) is 0 Å². The Labute approximate surface area is 158 Å². The number of anilines is 1. The fraction of sp³-hybridized carbons (Fsp3) is 0.400. The van der Waals surface area contributed by atoms with Gasteiger partial charge in [0.15, 0.2) is 11.5 Å². The molecule has 0 spiro atoms. The maximum atomic E-state index is 11.5. The minimum Gasteiger partial charge on any atom is -0.476 e. The summed E-state index contributed by atoms with van der Waals surface area (Å²) in [4.78, 5) is 34.4. The second-order valence-electron chi connectivity index (χ2n) is 6.83. The van der Waals surface area contributed by atoms with Crippen molar-refractivity contribution in [3.8, 4) is 0 Å². The van der Waals surface area contributed by atoms with E-state index in [0.29, 0.717) is 18.9 Å². The zero-order valence-electron chi connectivity index (χ0n) is 15.2. The summed E-state index contributed by atoms with van der Waals surface area (Å²) in [5.41, 5.74) is 1.13. The highest BCUT2D eigenvalue weighted by molar-refractivity contribution is 5.93. The molecular weight excluding hydrogens is 344 g/mol. The first-order valence-corrected chi connectivity index (χ1v) is 9.20. The normalized spacial score (nSPS) is 15.4. The number of benzene rings is 1. The van der Waals surface area contributed by atoms with Gasteiger partial charge in [0.25, 0.3) is 0 Å². The van der Waals surface area contributed by atoms with Crippen LogP contribution in [0.1, 0.15) is 35.3 Å². The van der Waals surface area contributed by atoms with E-state index in [1.165, 1.54) is 22.9 Å². The summed E-state index contributed by atoms with van der Waals surface area (Å²) in [6, 6.07) is 10.5. The number of nitrogens with zero attached hydrogens (tertiary/aromatic N) is 4. The second kappa shape index (κ2) is 9.23. The van der Waals surface area contributed by atoms with E-state index < -0.39 is 5.97 Å². The lowest BCUT2D eigenvalue weighted by Gasteiger charge is -2.32. The lowest BCUT2D eigenvalue weighted by molar-refractivity contribution is -0.107. The molecule has 0 bridgehead atoms. The summed E-state index contributed by atoms with van der Waals surface area (Å²) in [6.07, 6.45) is 6.34. The molecule has 1 aromatic carbocycles. The quantitative estimate of drug-likeness (QED) is 0.720. The predicted molar refractivity (Wildman–Crippen MR) is 101 cm³/mol. The van der Waals surface area contributed by atoms with Gasteiger partial charge in [-0.25, -0.2) is 14.8 Å². The average Bonchev–Trinajstić information content (AvgIpc) is 2.71. The molecule has 1 N–H and O–H groups in total. The molecule has 0 radical (unpaired) electrons. The Morgan fingerprint density at radius 2 is 1.89 bits per heavy atom. The lowest BCUT2D eigenvalue weighted by Crippen LogP contribution is -2.35. The standard InChI is InChI=1S/C20H24N4O3/c25-15-24(19-18(20(26)27)21-9-10-22-19)13-8-16-6-11-23(12-7-16)14-17-4-2-1-3-5-17/h1-5,9-10,15-16H,6-8,11-14H2,(H,26,27). The van der Waals surface area contributed by atoms with Crippen LogP contribution in [0.15, 0.2) is 42.7 Å². The number of hydrogen-bond acceptors (Lipinski definition) is 5. The molecule has 0 atom stereocenters.